The molecular weight excluding hydrogens is 140 g/mol. The van der Waals surface area contributed by atoms with E-state index >= 15 is 0 Å². The molecule has 0 saturated carbocycles. The Kier molecular flexibility index (Phi) is 1.22. The molecule has 3 heteroatoms. The van der Waals surface area contributed by atoms with Crippen LogP contribution in [0, 0.1) is 0 Å². The van der Waals surface area contributed by atoms with Crippen molar-refractivity contribution in [3.8, 4) is 11.4 Å². The number of pyridine rings is 1. The molecule has 0 bridgehead atoms. The second-order valence-electron chi connectivity index (χ2n) is 2.24. The number of nitrogens with zero attached hydrogens (tertiary/aromatic N) is 2. The van der Waals surface area contributed by atoms with Crippen LogP contribution in [0.4, 0.5) is 0 Å². The summed E-state index contributed by atoms with van der Waals surface area (Å²) in [5.74, 6) is 0. The molecule has 0 radical (unpaired) electrons. The van der Waals surface area contributed by atoms with Gasteiger partial charge in [-0.2, -0.15) is 0 Å². The molecule has 54 valence electrons. The number of carbonyl (C=O) groups is 1. The van der Waals surface area contributed by atoms with Gasteiger partial charge in [0.15, 0.2) is 0 Å². The average molecular weight is 146 g/mol. The molecule has 0 N–H and O–H groups in total. The van der Waals surface area contributed by atoms with Crippen LogP contribution in [-0.2, 0) is 4.79 Å². The first-order valence-corrected chi connectivity index (χ1v) is 3.28. The summed E-state index contributed by atoms with van der Waals surface area (Å²) in [6.07, 6.45) is 4.16. The molecule has 0 fully saturated rings. The highest BCUT2D eigenvalue weighted by Crippen LogP contribution is 2.17. The summed E-state index contributed by atoms with van der Waals surface area (Å²) in [7, 11) is 0. The van der Waals surface area contributed by atoms with Crippen molar-refractivity contribution in [3.05, 3.63) is 30.6 Å². The van der Waals surface area contributed by atoms with Gasteiger partial charge in [0.25, 0.3) is 0 Å². The molecule has 3 nitrogen and oxygen atoms in total. The number of fused-ring (bicyclic) bond motifs is 1. The van der Waals surface area contributed by atoms with Crippen molar-refractivity contribution >= 4 is 6.41 Å². The van der Waals surface area contributed by atoms with Gasteiger partial charge in [0, 0.05) is 12.4 Å². The van der Waals surface area contributed by atoms with Gasteiger partial charge in [0.1, 0.15) is 0 Å². The Bertz CT molecular complexity index is 353. The maximum Gasteiger partial charge on any atom is 0.218 e. The van der Waals surface area contributed by atoms with E-state index in [1.807, 2.05) is 12.1 Å². The standard InChI is InChI=1S/C8H6N2O/c11-6-10-5-1-2-7-8(10)3-4-9-7/h1-6H. The Morgan fingerprint density at radius 2 is 2.36 bits per heavy atom. The van der Waals surface area contributed by atoms with E-state index in [0.717, 1.165) is 17.8 Å². The molecule has 0 atom stereocenters. The maximum absolute atomic E-state index is 10.5. The lowest BCUT2D eigenvalue weighted by atomic mass is 10.3. The van der Waals surface area contributed by atoms with E-state index in [1.165, 1.54) is 4.57 Å². The third-order valence-corrected chi connectivity index (χ3v) is 1.60. The van der Waals surface area contributed by atoms with Crippen molar-refractivity contribution in [2.24, 2.45) is 0 Å². The van der Waals surface area contributed by atoms with Crippen LogP contribution in [-0.4, -0.2) is 16.0 Å². The van der Waals surface area contributed by atoms with Crippen molar-refractivity contribution in [2.45, 2.75) is 0 Å². The van der Waals surface area contributed by atoms with Crippen molar-refractivity contribution < 1.29 is 4.79 Å². The zero-order chi connectivity index (χ0) is 7.68. The minimum atomic E-state index is 0.768. The number of carbonyl (C=O) groups excluding carboxylic acids is 1. The monoisotopic (exact) mass is 146 g/mol. The normalized spacial score (nSPS) is 10.2. The first-order chi connectivity index (χ1) is 5.42. The lowest BCUT2D eigenvalue weighted by Gasteiger charge is -2.01. The predicted octanol–water partition coefficient (Wildman–Crippen LogP) is 1.03. The minimum absolute atomic E-state index is 0.768. The molecule has 0 spiro atoms. The summed E-state index contributed by atoms with van der Waals surface area (Å²) in [5, 5.41) is 0. The Morgan fingerprint density at radius 1 is 1.45 bits per heavy atom. The summed E-state index contributed by atoms with van der Waals surface area (Å²) in [6.45, 7) is 0. The van der Waals surface area contributed by atoms with Gasteiger partial charge in [-0.1, -0.05) is 0 Å². The van der Waals surface area contributed by atoms with E-state index < -0.39 is 0 Å². The number of hydrogen-bond acceptors (Lipinski definition) is 2. The van der Waals surface area contributed by atoms with Gasteiger partial charge in [0.05, 0.1) is 11.4 Å². The highest BCUT2D eigenvalue weighted by molar-refractivity contribution is 5.67. The van der Waals surface area contributed by atoms with Crippen molar-refractivity contribution in [3.63, 3.8) is 0 Å². The lowest BCUT2D eigenvalue weighted by molar-refractivity contribution is 0.547. The van der Waals surface area contributed by atoms with Crippen LogP contribution < -0.4 is 0 Å². The zero-order valence-electron chi connectivity index (χ0n) is 5.77. The van der Waals surface area contributed by atoms with Gasteiger partial charge < -0.3 is 0 Å². The van der Waals surface area contributed by atoms with E-state index in [-0.39, 0.29) is 0 Å². The van der Waals surface area contributed by atoms with Gasteiger partial charge in [0.2, 0.25) is 6.41 Å². The molecule has 0 saturated heterocycles. The van der Waals surface area contributed by atoms with Crippen molar-refractivity contribution in [1.29, 1.82) is 0 Å². The summed E-state index contributed by atoms with van der Waals surface area (Å²) in [4.78, 5) is 14.5. The fourth-order valence-corrected chi connectivity index (χ4v) is 1.09. The third kappa shape index (κ3) is 0.816. The SMILES string of the molecule is O=Cn1cccc2nccc1-2. The number of aromatic nitrogens is 2. The minimum Gasteiger partial charge on any atom is -0.288 e. The molecule has 2 heterocycles. The van der Waals surface area contributed by atoms with Gasteiger partial charge >= 0.3 is 0 Å². The molecule has 0 aliphatic carbocycles. The van der Waals surface area contributed by atoms with Crippen molar-refractivity contribution in [1.82, 2.24) is 9.55 Å². The predicted molar refractivity (Wildman–Crippen MR) is 41.0 cm³/mol. The Hall–Kier alpha value is -1.64. The van der Waals surface area contributed by atoms with E-state index in [9.17, 15) is 4.79 Å². The molecule has 0 unspecified atom stereocenters. The molecular formula is C8H6N2O. The molecule has 0 aromatic rings. The molecule has 11 heavy (non-hydrogen) atoms. The van der Waals surface area contributed by atoms with Crippen LogP contribution in [0.25, 0.3) is 11.4 Å². The quantitative estimate of drug-likeness (QED) is 0.563. The Morgan fingerprint density at radius 3 is 3.18 bits per heavy atom. The third-order valence-electron chi connectivity index (χ3n) is 1.60. The van der Waals surface area contributed by atoms with Crippen LogP contribution in [0.15, 0.2) is 30.6 Å². The largest absolute Gasteiger partial charge is 0.288 e. The smallest absolute Gasteiger partial charge is 0.218 e. The summed E-state index contributed by atoms with van der Waals surface area (Å²) >= 11 is 0. The van der Waals surface area contributed by atoms with Crippen molar-refractivity contribution in [2.75, 3.05) is 0 Å². The van der Waals surface area contributed by atoms with Gasteiger partial charge in [-0.15, -0.1) is 0 Å². The van der Waals surface area contributed by atoms with E-state index in [0.29, 0.717) is 0 Å². The summed E-state index contributed by atoms with van der Waals surface area (Å²) in [6, 6.07) is 5.48. The Balaban J connectivity index is 2.75. The highest BCUT2D eigenvalue weighted by Gasteiger charge is 2.04. The van der Waals surface area contributed by atoms with Crippen LogP contribution in [0.2, 0.25) is 0 Å². The molecule has 0 aromatic heterocycles. The van der Waals surface area contributed by atoms with Gasteiger partial charge in [-0.05, 0) is 18.2 Å². The molecule has 2 rings (SSSR count). The first kappa shape index (κ1) is 6.09. The molecule has 0 amide bonds. The zero-order valence-corrected chi connectivity index (χ0v) is 5.77. The summed E-state index contributed by atoms with van der Waals surface area (Å²) < 4.78 is 1.50. The molecule has 2 aliphatic heterocycles. The second kappa shape index (κ2) is 2.20. The summed E-state index contributed by atoms with van der Waals surface area (Å²) in [5.41, 5.74) is 1.70. The van der Waals surface area contributed by atoms with Crippen LogP contribution in [0.1, 0.15) is 0 Å². The van der Waals surface area contributed by atoms with Crippen LogP contribution in [0.3, 0.4) is 0 Å². The second-order valence-corrected chi connectivity index (χ2v) is 2.24. The Labute approximate surface area is 63.6 Å². The number of hydrogen-bond donors (Lipinski definition) is 0. The van der Waals surface area contributed by atoms with Crippen LogP contribution >= 0.6 is 0 Å². The number of rotatable bonds is 1. The van der Waals surface area contributed by atoms with Gasteiger partial charge in [-0.3, -0.25) is 14.3 Å². The fraction of sp³-hybridized carbons (Fsp3) is 0. The van der Waals surface area contributed by atoms with Gasteiger partial charge in [-0.25, -0.2) is 0 Å². The van der Waals surface area contributed by atoms with Crippen LogP contribution in [0.5, 0.6) is 0 Å². The average Bonchev–Trinajstić information content (AvgIpc) is 2.50. The van der Waals surface area contributed by atoms with E-state index in [1.54, 1.807) is 18.5 Å². The molecule has 0 aromatic carbocycles. The lowest BCUT2D eigenvalue weighted by Crippen LogP contribution is -1.98. The highest BCUT2D eigenvalue weighted by atomic mass is 16.1. The maximum atomic E-state index is 10.5. The topological polar surface area (TPSA) is 34.9 Å². The fourth-order valence-electron chi connectivity index (χ4n) is 1.09. The van der Waals surface area contributed by atoms with E-state index in [4.69, 9.17) is 0 Å². The molecule has 2 aliphatic rings. The van der Waals surface area contributed by atoms with E-state index in [2.05, 4.69) is 4.98 Å². The first-order valence-electron chi connectivity index (χ1n) is 3.28.